The Kier molecular flexibility index (Phi) is 8.01. The highest BCUT2D eigenvalue weighted by molar-refractivity contribution is 7.99. The van der Waals surface area contributed by atoms with Gasteiger partial charge in [-0.3, -0.25) is 9.36 Å². The number of amides is 1. The molecule has 0 saturated heterocycles. The molecule has 0 atom stereocenters. The Balaban J connectivity index is 1.56. The van der Waals surface area contributed by atoms with Gasteiger partial charge in [-0.15, -0.1) is 10.2 Å². The van der Waals surface area contributed by atoms with Gasteiger partial charge in [0.1, 0.15) is 5.75 Å². The molecule has 0 saturated carbocycles. The third kappa shape index (κ3) is 6.28. The van der Waals surface area contributed by atoms with Crippen molar-refractivity contribution < 1.29 is 9.53 Å². The van der Waals surface area contributed by atoms with Crippen LogP contribution < -0.4 is 10.1 Å². The topological polar surface area (TPSA) is 69.0 Å². The van der Waals surface area contributed by atoms with E-state index in [0.717, 1.165) is 17.0 Å². The maximum absolute atomic E-state index is 12.7. The molecular weight excluding hydrogens is 492 g/mol. The third-order valence-corrected chi connectivity index (χ3v) is 6.69. The molecule has 0 aliphatic heterocycles. The Labute approximate surface area is 221 Å². The number of nitrogens with zero attached hydrogens (tertiary/aromatic N) is 3. The predicted molar refractivity (Wildman–Crippen MR) is 147 cm³/mol. The van der Waals surface area contributed by atoms with Crippen molar-refractivity contribution >= 4 is 35.0 Å². The summed E-state index contributed by atoms with van der Waals surface area (Å²) in [4.78, 5) is 12.7. The first-order valence-corrected chi connectivity index (χ1v) is 13.1. The second-order valence-corrected chi connectivity index (χ2v) is 10.6. The van der Waals surface area contributed by atoms with Gasteiger partial charge in [-0.05, 0) is 66.4 Å². The van der Waals surface area contributed by atoms with Crippen molar-refractivity contribution in [1.82, 2.24) is 14.8 Å². The second-order valence-electron chi connectivity index (χ2n) is 9.24. The van der Waals surface area contributed by atoms with E-state index in [1.54, 1.807) is 0 Å². The Bertz CT molecular complexity index is 1310. The van der Waals surface area contributed by atoms with Crippen molar-refractivity contribution in [3.8, 4) is 22.8 Å². The molecule has 0 unspecified atom stereocenters. The number of nitrogens with one attached hydrogen (secondary N) is 1. The number of benzene rings is 3. The lowest BCUT2D eigenvalue weighted by Gasteiger charge is -2.19. The van der Waals surface area contributed by atoms with Crippen LogP contribution in [-0.4, -0.2) is 33.0 Å². The first kappa shape index (κ1) is 25.8. The van der Waals surface area contributed by atoms with Gasteiger partial charge in [0.25, 0.3) is 0 Å². The Morgan fingerprint density at radius 1 is 0.972 bits per heavy atom. The van der Waals surface area contributed by atoms with Crippen molar-refractivity contribution in [2.45, 2.75) is 38.3 Å². The van der Waals surface area contributed by atoms with E-state index in [1.807, 2.05) is 60.0 Å². The Morgan fingerprint density at radius 3 is 2.25 bits per heavy atom. The lowest BCUT2D eigenvalue weighted by atomic mass is 9.87. The average molecular weight is 521 g/mol. The maximum atomic E-state index is 12.7. The minimum absolute atomic E-state index is 0.0557. The number of thioether (sulfide) groups is 1. The number of carbonyl (C=O) groups is 1. The van der Waals surface area contributed by atoms with Crippen LogP contribution in [0.4, 0.5) is 5.69 Å². The largest absolute Gasteiger partial charge is 0.494 e. The first-order chi connectivity index (χ1) is 17.2. The standard InChI is InChI=1S/C28H29ClN4O2S/c1-5-35-24-16-12-22(13-17-24)30-25(34)18-36-27-32-31-26(33(27)23-14-10-21(29)11-15-23)19-6-8-20(9-7-19)28(2,3)4/h6-17H,5,18H2,1-4H3,(H,30,34). The highest BCUT2D eigenvalue weighted by Crippen LogP contribution is 2.30. The van der Waals surface area contributed by atoms with Gasteiger partial charge in [0, 0.05) is 22.0 Å². The van der Waals surface area contributed by atoms with E-state index in [1.165, 1.54) is 17.3 Å². The number of rotatable bonds is 8. The minimum Gasteiger partial charge on any atom is -0.494 e. The molecule has 1 heterocycles. The van der Waals surface area contributed by atoms with E-state index in [0.29, 0.717) is 28.3 Å². The molecular formula is C28H29ClN4O2S. The van der Waals surface area contributed by atoms with Crippen LogP contribution in [0.5, 0.6) is 5.75 Å². The molecule has 0 fully saturated rings. The van der Waals surface area contributed by atoms with Crippen molar-refractivity contribution in [2.75, 3.05) is 17.7 Å². The predicted octanol–water partition coefficient (Wildman–Crippen LogP) is 7.01. The fraction of sp³-hybridized carbons (Fsp3) is 0.250. The SMILES string of the molecule is CCOc1ccc(NC(=O)CSc2nnc(-c3ccc(C(C)(C)C)cc3)n2-c2ccc(Cl)cc2)cc1. The minimum atomic E-state index is -0.133. The highest BCUT2D eigenvalue weighted by atomic mass is 35.5. The van der Waals surface area contributed by atoms with E-state index in [2.05, 4.69) is 60.6 Å². The van der Waals surface area contributed by atoms with E-state index in [4.69, 9.17) is 16.3 Å². The van der Waals surface area contributed by atoms with Gasteiger partial charge in [-0.1, -0.05) is 68.4 Å². The van der Waals surface area contributed by atoms with Gasteiger partial charge in [-0.2, -0.15) is 0 Å². The molecule has 6 nitrogen and oxygen atoms in total. The van der Waals surface area contributed by atoms with Crippen molar-refractivity contribution in [3.63, 3.8) is 0 Å². The van der Waals surface area contributed by atoms with Gasteiger partial charge in [0.15, 0.2) is 11.0 Å². The number of hydrogen-bond acceptors (Lipinski definition) is 5. The summed E-state index contributed by atoms with van der Waals surface area (Å²) in [6.07, 6.45) is 0. The lowest BCUT2D eigenvalue weighted by Crippen LogP contribution is -2.14. The molecule has 0 spiro atoms. The van der Waals surface area contributed by atoms with Crippen LogP contribution in [0.1, 0.15) is 33.3 Å². The summed E-state index contributed by atoms with van der Waals surface area (Å²) in [6, 6.07) is 23.2. The van der Waals surface area contributed by atoms with Gasteiger partial charge in [-0.25, -0.2) is 0 Å². The van der Waals surface area contributed by atoms with Gasteiger partial charge in [0.2, 0.25) is 5.91 Å². The molecule has 4 rings (SSSR count). The molecule has 4 aromatic rings. The van der Waals surface area contributed by atoms with Gasteiger partial charge < -0.3 is 10.1 Å². The van der Waals surface area contributed by atoms with Crippen LogP contribution >= 0.6 is 23.4 Å². The maximum Gasteiger partial charge on any atom is 0.234 e. The quantitative estimate of drug-likeness (QED) is 0.253. The molecule has 0 bridgehead atoms. The summed E-state index contributed by atoms with van der Waals surface area (Å²) in [6.45, 7) is 9.09. The first-order valence-electron chi connectivity index (χ1n) is 11.7. The smallest absolute Gasteiger partial charge is 0.234 e. The molecule has 0 aliphatic rings. The number of halogens is 1. The second kappa shape index (κ2) is 11.2. The van der Waals surface area contributed by atoms with Crippen LogP contribution in [-0.2, 0) is 10.2 Å². The highest BCUT2D eigenvalue weighted by Gasteiger charge is 2.19. The van der Waals surface area contributed by atoms with Crippen molar-refractivity contribution in [3.05, 3.63) is 83.4 Å². The summed E-state index contributed by atoms with van der Waals surface area (Å²) in [5, 5.41) is 13.1. The van der Waals surface area contributed by atoms with Crippen LogP contribution in [0.15, 0.2) is 78.0 Å². The van der Waals surface area contributed by atoms with Crippen LogP contribution in [0.25, 0.3) is 17.1 Å². The summed E-state index contributed by atoms with van der Waals surface area (Å²) in [7, 11) is 0. The Hall–Kier alpha value is -3.29. The molecule has 3 aromatic carbocycles. The number of ether oxygens (including phenoxy) is 1. The average Bonchev–Trinajstić information content (AvgIpc) is 3.28. The Morgan fingerprint density at radius 2 is 1.64 bits per heavy atom. The van der Waals surface area contributed by atoms with E-state index in [9.17, 15) is 4.79 Å². The van der Waals surface area contributed by atoms with Crippen LogP contribution in [0.3, 0.4) is 0 Å². The molecule has 186 valence electrons. The molecule has 1 amide bonds. The van der Waals surface area contributed by atoms with E-state index < -0.39 is 0 Å². The zero-order valence-corrected chi connectivity index (χ0v) is 22.4. The summed E-state index contributed by atoms with van der Waals surface area (Å²) in [5.74, 6) is 1.52. The zero-order chi connectivity index (χ0) is 25.7. The number of anilines is 1. The molecule has 36 heavy (non-hydrogen) atoms. The van der Waals surface area contributed by atoms with Gasteiger partial charge >= 0.3 is 0 Å². The summed E-state index contributed by atoms with van der Waals surface area (Å²) >= 11 is 7.46. The van der Waals surface area contributed by atoms with Crippen LogP contribution in [0.2, 0.25) is 5.02 Å². The molecule has 0 aliphatic carbocycles. The molecule has 0 radical (unpaired) electrons. The van der Waals surface area contributed by atoms with E-state index >= 15 is 0 Å². The van der Waals surface area contributed by atoms with E-state index in [-0.39, 0.29) is 17.1 Å². The number of hydrogen-bond donors (Lipinski definition) is 1. The number of aromatic nitrogens is 3. The molecule has 1 N–H and O–H groups in total. The normalized spacial score (nSPS) is 11.4. The fourth-order valence-electron chi connectivity index (χ4n) is 3.62. The van der Waals surface area contributed by atoms with Crippen molar-refractivity contribution in [1.29, 1.82) is 0 Å². The third-order valence-electron chi connectivity index (χ3n) is 5.51. The molecule has 1 aromatic heterocycles. The van der Waals surface area contributed by atoms with Crippen molar-refractivity contribution in [2.24, 2.45) is 0 Å². The fourth-order valence-corrected chi connectivity index (χ4v) is 4.50. The summed E-state index contributed by atoms with van der Waals surface area (Å²) in [5.41, 5.74) is 3.82. The lowest BCUT2D eigenvalue weighted by molar-refractivity contribution is -0.113. The zero-order valence-electron chi connectivity index (χ0n) is 20.8. The molecule has 8 heteroatoms. The number of carbonyl (C=O) groups excluding carboxylic acids is 1. The summed E-state index contributed by atoms with van der Waals surface area (Å²) < 4.78 is 7.41. The van der Waals surface area contributed by atoms with Crippen LogP contribution in [0, 0.1) is 0 Å². The monoisotopic (exact) mass is 520 g/mol. The van der Waals surface area contributed by atoms with Gasteiger partial charge in [0.05, 0.1) is 12.4 Å².